The molecule has 1 N–H and O–H groups in total. The van der Waals surface area contributed by atoms with Gasteiger partial charge in [0.1, 0.15) is 6.33 Å². The Morgan fingerprint density at radius 1 is 1.14 bits per heavy atom. The third kappa shape index (κ3) is 4.16. The fraction of sp³-hybridized carbons (Fsp3) is 0.105. The largest absolute Gasteiger partial charge is 0.436 e. The second-order valence-electron chi connectivity index (χ2n) is 6.21. The molecule has 0 radical (unpaired) electrons. The molecule has 0 aliphatic heterocycles. The van der Waals surface area contributed by atoms with Crippen LogP contribution in [0.3, 0.4) is 0 Å². The Hall–Kier alpha value is -3.14. The summed E-state index contributed by atoms with van der Waals surface area (Å²) in [7, 11) is 0. The molecule has 6 nitrogen and oxygen atoms in total. The van der Waals surface area contributed by atoms with E-state index in [1.54, 1.807) is 18.5 Å². The first-order valence-corrected chi connectivity index (χ1v) is 9.14. The summed E-state index contributed by atoms with van der Waals surface area (Å²) < 4.78 is 44.9. The lowest BCUT2D eigenvalue weighted by molar-refractivity contribution is -0.142. The number of fused-ring (bicyclic) bond motifs is 1. The number of rotatable bonds is 4. The number of alkyl halides is 3. The highest BCUT2D eigenvalue weighted by molar-refractivity contribution is 9.10. The molecule has 0 unspecified atom stereocenters. The first-order chi connectivity index (χ1) is 13.8. The number of nitrogens with one attached hydrogen (secondary N) is 1. The lowest BCUT2D eigenvalue weighted by atomic mass is 10.1. The van der Waals surface area contributed by atoms with Gasteiger partial charge in [-0.2, -0.15) is 13.2 Å². The molecule has 0 saturated carbocycles. The van der Waals surface area contributed by atoms with Crippen molar-refractivity contribution in [2.24, 2.45) is 0 Å². The van der Waals surface area contributed by atoms with E-state index in [0.29, 0.717) is 11.6 Å². The topological polar surface area (TPSA) is 73.0 Å². The predicted octanol–water partition coefficient (Wildman–Crippen LogP) is 4.98. The van der Waals surface area contributed by atoms with Gasteiger partial charge in [-0.25, -0.2) is 4.98 Å². The fourth-order valence-corrected chi connectivity index (χ4v) is 3.15. The number of carbonyl (C=O) groups excluding carboxylic acids is 1. The highest BCUT2D eigenvalue weighted by Gasteiger charge is 2.35. The first-order valence-electron chi connectivity index (χ1n) is 8.35. The van der Waals surface area contributed by atoms with Crippen LogP contribution in [0, 0.1) is 0 Å². The van der Waals surface area contributed by atoms with E-state index >= 15 is 0 Å². The van der Waals surface area contributed by atoms with Crippen molar-refractivity contribution in [3.05, 3.63) is 70.6 Å². The van der Waals surface area contributed by atoms with Crippen LogP contribution in [-0.2, 0) is 17.4 Å². The van der Waals surface area contributed by atoms with E-state index in [0.717, 1.165) is 21.2 Å². The standard InChI is InChI=1S/C19H12BrF3N4O2/c20-12-3-6-15-14(8-12)24-10-27(15)13-4-1-11(2-5-13)7-17(28)25-18-9-16(26-29-18)19(21,22)23/h1-6,8-10H,7H2,(H,25,28). The first kappa shape index (κ1) is 19.2. The quantitative estimate of drug-likeness (QED) is 0.462. The van der Waals surface area contributed by atoms with Crippen LogP contribution in [-0.4, -0.2) is 20.6 Å². The van der Waals surface area contributed by atoms with Crippen molar-refractivity contribution < 1.29 is 22.5 Å². The number of aromatic nitrogens is 3. The fourth-order valence-electron chi connectivity index (χ4n) is 2.80. The van der Waals surface area contributed by atoms with Crippen molar-refractivity contribution in [2.45, 2.75) is 12.6 Å². The molecule has 0 fully saturated rings. The molecule has 0 atom stereocenters. The number of amides is 1. The normalized spacial score (nSPS) is 11.7. The van der Waals surface area contributed by atoms with Gasteiger partial charge in [0.25, 0.3) is 0 Å². The van der Waals surface area contributed by atoms with E-state index < -0.39 is 17.8 Å². The number of carbonyl (C=O) groups is 1. The Bertz CT molecular complexity index is 1180. The van der Waals surface area contributed by atoms with Crippen molar-refractivity contribution in [3.8, 4) is 5.69 Å². The van der Waals surface area contributed by atoms with Crippen molar-refractivity contribution in [1.82, 2.24) is 14.7 Å². The summed E-state index contributed by atoms with van der Waals surface area (Å²) in [4.78, 5) is 16.4. The van der Waals surface area contributed by atoms with Gasteiger partial charge in [0.15, 0.2) is 5.69 Å². The number of hydrogen-bond donors (Lipinski definition) is 1. The van der Waals surface area contributed by atoms with Crippen LogP contribution in [0.1, 0.15) is 11.3 Å². The van der Waals surface area contributed by atoms with Crippen molar-refractivity contribution in [2.75, 3.05) is 5.32 Å². The van der Waals surface area contributed by atoms with Gasteiger partial charge in [0.2, 0.25) is 11.8 Å². The summed E-state index contributed by atoms with van der Waals surface area (Å²) in [5, 5.41) is 5.16. The van der Waals surface area contributed by atoms with Gasteiger partial charge in [-0.05, 0) is 35.9 Å². The summed E-state index contributed by atoms with van der Waals surface area (Å²) in [5.74, 6) is -0.865. The zero-order valence-corrected chi connectivity index (χ0v) is 16.2. The molecule has 148 valence electrons. The number of imidazole rings is 1. The third-order valence-corrected chi connectivity index (χ3v) is 4.64. The molecule has 29 heavy (non-hydrogen) atoms. The molecule has 2 heterocycles. The van der Waals surface area contributed by atoms with Gasteiger partial charge in [-0.15, -0.1) is 0 Å². The van der Waals surface area contributed by atoms with Crippen LogP contribution in [0.2, 0.25) is 0 Å². The number of hydrogen-bond acceptors (Lipinski definition) is 4. The minimum absolute atomic E-state index is 0.0278. The molecule has 0 bridgehead atoms. The van der Waals surface area contributed by atoms with Crippen LogP contribution in [0.5, 0.6) is 0 Å². The smallest absolute Gasteiger partial charge is 0.338 e. The minimum atomic E-state index is -4.63. The van der Waals surface area contributed by atoms with E-state index in [9.17, 15) is 18.0 Å². The number of halogens is 4. The van der Waals surface area contributed by atoms with Crippen LogP contribution < -0.4 is 5.32 Å². The van der Waals surface area contributed by atoms with Crippen LogP contribution in [0.25, 0.3) is 16.7 Å². The number of benzene rings is 2. The van der Waals surface area contributed by atoms with Crippen molar-refractivity contribution >= 4 is 38.8 Å². The third-order valence-electron chi connectivity index (χ3n) is 4.15. The van der Waals surface area contributed by atoms with E-state index in [1.807, 2.05) is 34.9 Å². The maximum absolute atomic E-state index is 12.5. The average molecular weight is 465 g/mol. The minimum Gasteiger partial charge on any atom is -0.338 e. The Morgan fingerprint density at radius 3 is 2.59 bits per heavy atom. The number of anilines is 1. The summed E-state index contributed by atoms with van der Waals surface area (Å²) in [6.07, 6.45) is -2.95. The van der Waals surface area contributed by atoms with E-state index in [-0.39, 0.29) is 12.3 Å². The van der Waals surface area contributed by atoms with Gasteiger partial charge in [0, 0.05) is 16.2 Å². The Labute approximate surface area is 170 Å². The SMILES string of the molecule is O=C(Cc1ccc(-n2cnc3cc(Br)ccc32)cc1)Nc1cc(C(F)(F)F)no1. The highest BCUT2D eigenvalue weighted by Crippen LogP contribution is 2.29. The molecule has 4 rings (SSSR count). The zero-order valence-electron chi connectivity index (χ0n) is 14.6. The monoisotopic (exact) mass is 464 g/mol. The molecule has 0 saturated heterocycles. The zero-order chi connectivity index (χ0) is 20.6. The second-order valence-corrected chi connectivity index (χ2v) is 7.13. The molecule has 0 spiro atoms. The highest BCUT2D eigenvalue weighted by atomic mass is 79.9. The maximum atomic E-state index is 12.5. The Morgan fingerprint density at radius 2 is 1.90 bits per heavy atom. The Kier molecular flexibility index (Phi) is 4.87. The molecule has 0 aliphatic rings. The summed E-state index contributed by atoms with van der Waals surface area (Å²) >= 11 is 3.41. The summed E-state index contributed by atoms with van der Waals surface area (Å²) in [6, 6.07) is 13.6. The molecule has 10 heteroatoms. The van der Waals surface area contributed by atoms with Gasteiger partial charge in [0.05, 0.1) is 17.5 Å². The predicted molar refractivity (Wildman–Crippen MR) is 103 cm³/mol. The van der Waals surface area contributed by atoms with Gasteiger partial charge in [-0.1, -0.05) is 33.2 Å². The lowest BCUT2D eigenvalue weighted by Crippen LogP contribution is -2.14. The molecule has 4 aromatic rings. The molecule has 2 aromatic heterocycles. The number of nitrogens with zero attached hydrogens (tertiary/aromatic N) is 3. The van der Waals surface area contributed by atoms with Gasteiger partial charge < -0.3 is 4.52 Å². The van der Waals surface area contributed by atoms with E-state index in [2.05, 4.69) is 35.9 Å². The van der Waals surface area contributed by atoms with Crippen LogP contribution in [0.15, 0.2) is 63.9 Å². The molecule has 2 aromatic carbocycles. The Balaban J connectivity index is 1.45. The van der Waals surface area contributed by atoms with E-state index in [1.165, 1.54) is 0 Å². The van der Waals surface area contributed by atoms with Crippen molar-refractivity contribution in [1.29, 1.82) is 0 Å². The van der Waals surface area contributed by atoms with Crippen LogP contribution in [0.4, 0.5) is 19.1 Å². The summed E-state index contributed by atoms with van der Waals surface area (Å²) in [6.45, 7) is 0. The summed E-state index contributed by atoms with van der Waals surface area (Å²) in [5.41, 5.74) is 2.13. The second kappa shape index (κ2) is 7.36. The molecular weight excluding hydrogens is 453 g/mol. The lowest BCUT2D eigenvalue weighted by Gasteiger charge is -2.06. The van der Waals surface area contributed by atoms with Gasteiger partial charge in [-0.3, -0.25) is 14.7 Å². The van der Waals surface area contributed by atoms with Gasteiger partial charge >= 0.3 is 6.18 Å². The molecule has 1 amide bonds. The van der Waals surface area contributed by atoms with Crippen LogP contribution >= 0.6 is 15.9 Å². The maximum Gasteiger partial charge on any atom is 0.436 e. The molecule has 0 aliphatic carbocycles. The van der Waals surface area contributed by atoms with E-state index in [4.69, 9.17) is 0 Å². The molecular formula is C19H12BrF3N4O2. The average Bonchev–Trinajstić information content (AvgIpc) is 3.29. The van der Waals surface area contributed by atoms with Crippen molar-refractivity contribution in [3.63, 3.8) is 0 Å².